The Labute approximate surface area is 512 Å². The van der Waals surface area contributed by atoms with Gasteiger partial charge in [-0.05, 0) is 149 Å². The molecule has 0 amide bonds. The van der Waals surface area contributed by atoms with Crippen molar-refractivity contribution in [3.8, 4) is 62.1 Å². The predicted octanol–water partition coefficient (Wildman–Crippen LogP) is 22.1. The lowest BCUT2D eigenvalue weighted by Gasteiger charge is -2.15. The Hall–Kier alpha value is -12.3. The molecule has 0 aliphatic rings. The van der Waals surface area contributed by atoms with E-state index in [0.29, 0.717) is 5.82 Å². The standard InChI is InChI=1S/C82H47N5O3/c1-7-19-68-56(13-1)59-35-27-49(52-30-38-65-62-16-4-10-22-74(62)88-77(65)44-52)41-71(59)85(68)55-33-25-48(26-34-55)82-83-80(86-69-20-8-2-14-57(69)60-36-28-50(42-72(60)86)53-31-39-66-63-17-5-11-23-75(63)89-78(66)45-53)47-81(84-82)87-70-21-9-3-15-58(70)61-37-29-51(43-73(61)87)54-32-40-67-64-18-6-12-24-76(64)90-79(67)46-54/h1-47H. The van der Waals surface area contributed by atoms with Gasteiger partial charge in [-0.2, -0.15) is 0 Å². The molecule has 0 unspecified atom stereocenters. The minimum atomic E-state index is 0.592. The average molecular weight is 1150 g/mol. The molecule has 7 aromatic heterocycles. The van der Waals surface area contributed by atoms with Gasteiger partial charge in [0.05, 0.1) is 33.1 Å². The number of benzene rings is 13. The van der Waals surface area contributed by atoms with Crippen LogP contribution in [-0.2, 0) is 0 Å². The average Bonchev–Trinajstić information content (AvgIpc) is 1.74. The number of furan rings is 3. The molecule has 0 radical (unpaired) electrons. The fourth-order valence-electron chi connectivity index (χ4n) is 14.5. The van der Waals surface area contributed by atoms with E-state index in [1.807, 2.05) is 36.4 Å². The predicted molar refractivity (Wildman–Crippen MR) is 369 cm³/mol. The van der Waals surface area contributed by atoms with Gasteiger partial charge >= 0.3 is 0 Å². The summed E-state index contributed by atoms with van der Waals surface area (Å²) in [7, 11) is 0. The molecule has 7 heterocycles. The molecule has 0 aliphatic heterocycles. The van der Waals surface area contributed by atoms with E-state index in [4.69, 9.17) is 23.2 Å². The largest absolute Gasteiger partial charge is 0.456 e. The summed E-state index contributed by atoms with van der Waals surface area (Å²) >= 11 is 0. The molecule has 0 N–H and O–H groups in total. The number of aromatic nitrogens is 5. The van der Waals surface area contributed by atoms with Crippen LogP contribution in [0, 0.1) is 0 Å². The molecule has 8 nitrogen and oxygen atoms in total. The highest BCUT2D eigenvalue weighted by Gasteiger charge is 2.23. The van der Waals surface area contributed by atoms with Crippen LogP contribution in [0.5, 0.6) is 0 Å². The molecule has 20 rings (SSSR count). The minimum Gasteiger partial charge on any atom is -0.456 e. The van der Waals surface area contributed by atoms with Crippen molar-refractivity contribution in [2.45, 2.75) is 0 Å². The fourth-order valence-corrected chi connectivity index (χ4v) is 14.5. The molecular formula is C82H47N5O3. The molecule has 0 aliphatic carbocycles. The summed E-state index contributed by atoms with van der Waals surface area (Å²) in [5, 5.41) is 13.5. The van der Waals surface area contributed by atoms with Crippen molar-refractivity contribution in [2.75, 3.05) is 0 Å². The van der Waals surface area contributed by atoms with Gasteiger partial charge in [-0.25, -0.2) is 9.97 Å². The van der Waals surface area contributed by atoms with E-state index in [1.165, 1.54) is 10.8 Å². The molecule has 0 atom stereocenters. The molecule has 0 bridgehead atoms. The van der Waals surface area contributed by atoms with E-state index >= 15 is 0 Å². The smallest absolute Gasteiger partial charge is 0.163 e. The number of rotatable bonds is 7. The second-order valence-electron chi connectivity index (χ2n) is 23.6. The molecule has 90 heavy (non-hydrogen) atoms. The molecule has 418 valence electrons. The summed E-state index contributed by atoms with van der Waals surface area (Å²) in [5.74, 6) is 2.07. The number of hydrogen-bond acceptors (Lipinski definition) is 5. The molecule has 0 fully saturated rings. The van der Waals surface area contributed by atoms with Crippen LogP contribution < -0.4 is 0 Å². The van der Waals surface area contributed by atoms with E-state index in [1.54, 1.807) is 0 Å². The summed E-state index contributed by atoms with van der Waals surface area (Å²) in [6, 6.07) is 102. The lowest BCUT2D eigenvalue weighted by Crippen LogP contribution is -2.06. The Morgan fingerprint density at radius 2 is 0.478 bits per heavy atom. The van der Waals surface area contributed by atoms with Gasteiger partial charge in [0.25, 0.3) is 0 Å². The summed E-state index contributed by atoms with van der Waals surface area (Å²) in [6.45, 7) is 0. The van der Waals surface area contributed by atoms with Crippen molar-refractivity contribution >= 4 is 131 Å². The molecule has 0 saturated carbocycles. The lowest BCUT2D eigenvalue weighted by molar-refractivity contribution is 0.668. The van der Waals surface area contributed by atoms with Gasteiger partial charge in [-0.1, -0.05) is 164 Å². The highest BCUT2D eigenvalue weighted by Crippen LogP contribution is 2.43. The van der Waals surface area contributed by atoms with Crippen LogP contribution in [0.4, 0.5) is 0 Å². The summed E-state index contributed by atoms with van der Waals surface area (Å²) in [6.07, 6.45) is 0. The summed E-state index contributed by atoms with van der Waals surface area (Å²) in [5.41, 5.74) is 20.0. The lowest BCUT2D eigenvalue weighted by atomic mass is 10.0. The quantitative estimate of drug-likeness (QED) is 0.159. The van der Waals surface area contributed by atoms with Gasteiger partial charge in [0.1, 0.15) is 45.1 Å². The van der Waals surface area contributed by atoms with Gasteiger partial charge < -0.3 is 17.8 Å². The Morgan fingerprint density at radius 1 is 0.200 bits per heavy atom. The zero-order chi connectivity index (χ0) is 58.7. The molecule has 8 heteroatoms. The highest BCUT2D eigenvalue weighted by molar-refractivity contribution is 6.14. The maximum absolute atomic E-state index is 6.44. The van der Waals surface area contributed by atoms with Crippen LogP contribution in [0.15, 0.2) is 298 Å². The summed E-state index contributed by atoms with van der Waals surface area (Å²) < 4.78 is 26.3. The van der Waals surface area contributed by atoms with Crippen LogP contribution in [-0.4, -0.2) is 23.7 Å². The maximum atomic E-state index is 6.44. The Kier molecular flexibility index (Phi) is 10.1. The highest BCUT2D eigenvalue weighted by atomic mass is 16.3. The van der Waals surface area contributed by atoms with Crippen molar-refractivity contribution in [1.82, 2.24) is 23.7 Å². The van der Waals surface area contributed by atoms with E-state index in [9.17, 15) is 0 Å². The van der Waals surface area contributed by atoms with E-state index < -0.39 is 0 Å². The fraction of sp³-hybridized carbons (Fsp3) is 0. The van der Waals surface area contributed by atoms with Crippen LogP contribution >= 0.6 is 0 Å². The van der Waals surface area contributed by atoms with Crippen LogP contribution in [0.2, 0.25) is 0 Å². The van der Waals surface area contributed by atoms with Gasteiger partial charge in [0.15, 0.2) is 5.82 Å². The third-order valence-corrected chi connectivity index (χ3v) is 18.7. The maximum Gasteiger partial charge on any atom is 0.163 e. The molecule has 13 aromatic carbocycles. The first-order valence-corrected chi connectivity index (χ1v) is 30.4. The van der Waals surface area contributed by atoms with E-state index in [2.05, 4.69) is 262 Å². The number of hydrogen-bond donors (Lipinski definition) is 0. The van der Waals surface area contributed by atoms with Crippen molar-refractivity contribution < 1.29 is 13.3 Å². The molecule has 0 saturated heterocycles. The van der Waals surface area contributed by atoms with Crippen LogP contribution in [0.1, 0.15) is 0 Å². The van der Waals surface area contributed by atoms with Crippen molar-refractivity contribution in [3.63, 3.8) is 0 Å². The third kappa shape index (κ3) is 7.24. The SMILES string of the molecule is c1ccc2c(c1)oc1cc(-c3ccc4c5ccccc5n(-c5ccc(-c6nc(-n7c8ccccc8c8ccc(-c9ccc%10c(c9)oc9ccccc9%10)cc87)cc(-n7c8ccccc8c8ccc(-c9ccc%10c(c9)oc9ccccc9%10)cc87)n6)cc5)c4c3)ccc12. The Morgan fingerprint density at radius 3 is 0.867 bits per heavy atom. The summed E-state index contributed by atoms with van der Waals surface area (Å²) in [4.78, 5) is 11.3. The first-order chi connectivity index (χ1) is 44.6. The minimum absolute atomic E-state index is 0.592. The van der Waals surface area contributed by atoms with Gasteiger partial charge in [0, 0.05) is 82.0 Å². The first-order valence-electron chi connectivity index (χ1n) is 30.4. The number of para-hydroxylation sites is 6. The van der Waals surface area contributed by atoms with Crippen LogP contribution in [0.25, 0.3) is 193 Å². The van der Waals surface area contributed by atoms with E-state index in [0.717, 1.165) is 177 Å². The zero-order valence-electron chi connectivity index (χ0n) is 48.1. The third-order valence-electron chi connectivity index (χ3n) is 18.7. The Bertz CT molecular complexity index is 6170. The first kappa shape index (κ1) is 48.9. The topological polar surface area (TPSA) is 80.0 Å². The van der Waals surface area contributed by atoms with Crippen molar-refractivity contribution in [2.24, 2.45) is 0 Å². The van der Waals surface area contributed by atoms with Crippen LogP contribution in [0.3, 0.4) is 0 Å². The molecule has 0 spiro atoms. The van der Waals surface area contributed by atoms with Gasteiger partial charge in [-0.3, -0.25) is 9.13 Å². The number of nitrogens with zero attached hydrogens (tertiary/aromatic N) is 5. The number of fused-ring (bicyclic) bond motifs is 18. The van der Waals surface area contributed by atoms with Gasteiger partial charge in [0.2, 0.25) is 0 Å². The monoisotopic (exact) mass is 1150 g/mol. The molecular weight excluding hydrogens is 1100 g/mol. The second-order valence-corrected chi connectivity index (χ2v) is 23.6. The normalized spacial score (nSPS) is 12.2. The van der Waals surface area contributed by atoms with Crippen molar-refractivity contribution in [3.05, 3.63) is 285 Å². The second kappa shape index (κ2) is 18.6. The molecule has 20 aromatic rings. The Balaban J connectivity index is 0.783. The van der Waals surface area contributed by atoms with E-state index in [-0.39, 0.29) is 0 Å². The zero-order valence-corrected chi connectivity index (χ0v) is 48.1. The van der Waals surface area contributed by atoms with Gasteiger partial charge in [-0.15, -0.1) is 0 Å². The van der Waals surface area contributed by atoms with Crippen molar-refractivity contribution in [1.29, 1.82) is 0 Å².